The van der Waals surface area contributed by atoms with E-state index >= 15 is 0 Å². The van der Waals surface area contributed by atoms with E-state index in [2.05, 4.69) is 45.5 Å². The van der Waals surface area contributed by atoms with Gasteiger partial charge in [0.15, 0.2) is 0 Å². The zero-order chi connectivity index (χ0) is 9.10. The molecule has 0 radical (unpaired) electrons. The normalized spacial score (nSPS) is 17.0. The third kappa shape index (κ3) is 2.53. The van der Waals surface area contributed by atoms with E-state index in [4.69, 9.17) is 4.74 Å². The first-order valence-electron chi connectivity index (χ1n) is 4.40. The predicted molar refractivity (Wildman–Crippen MR) is 55.6 cm³/mol. The summed E-state index contributed by atoms with van der Waals surface area (Å²) in [6.07, 6.45) is 0. The zero-order valence-electron chi connectivity index (χ0n) is 7.29. The van der Waals surface area contributed by atoms with E-state index in [-0.39, 0.29) is 0 Å². The number of nitrogens with one attached hydrogen (secondary N) is 1. The van der Waals surface area contributed by atoms with Crippen LogP contribution in [0.25, 0.3) is 0 Å². The zero-order valence-corrected chi connectivity index (χ0v) is 8.88. The highest BCUT2D eigenvalue weighted by molar-refractivity contribution is 9.10. The minimum atomic E-state index is 0.559. The van der Waals surface area contributed by atoms with E-state index < -0.39 is 0 Å². The van der Waals surface area contributed by atoms with Crippen molar-refractivity contribution in [1.82, 2.24) is 5.32 Å². The van der Waals surface area contributed by atoms with Crippen molar-refractivity contribution in [3.05, 3.63) is 34.3 Å². The Labute approximate surface area is 86.4 Å². The monoisotopic (exact) mass is 241 g/mol. The lowest BCUT2D eigenvalue weighted by atomic mass is 10.2. The molecule has 1 heterocycles. The lowest BCUT2D eigenvalue weighted by Crippen LogP contribution is -2.45. The van der Waals surface area contributed by atoms with Crippen molar-refractivity contribution in [2.24, 2.45) is 0 Å². The third-order valence-corrected chi connectivity index (χ3v) is 2.67. The summed E-state index contributed by atoms with van der Waals surface area (Å²) < 4.78 is 6.20. The molecule has 1 saturated heterocycles. The minimum Gasteiger partial charge on any atom is -0.378 e. The molecule has 1 aliphatic rings. The summed E-state index contributed by atoms with van der Waals surface area (Å²) in [5, 5.41) is 3.41. The molecule has 1 aliphatic heterocycles. The van der Waals surface area contributed by atoms with Crippen LogP contribution in [0.15, 0.2) is 28.7 Å². The molecule has 0 aromatic heterocycles. The average molecular weight is 242 g/mol. The van der Waals surface area contributed by atoms with E-state index in [0.717, 1.165) is 24.2 Å². The van der Waals surface area contributed by atoms with Crippen molar-refractivity contribution in [3.8, 4) is 0 Å². The molecule has 70 valence electrons. The first kappa shape index (κ1) is 9.19. The molecule has 3 heteroatoms. The Bertz CT molecular complexity index is 269. The molecule has 0 atom stereocenters. The van der Waals surface area contributed by atoms with Crippen LogP contribution in [-0.4, -0.2) is 19.3 Å². The third-order valence-electron chi connectivity index (χ3n) is 2.15. The molecule has 1 aromatic rings. The second kappa shape index (κ2) is 4.22. The van der Waals surface area contributed by atoms with Crippen molar-refractivity contribution < 1.29 is 4.74 Å². The Kier molecular flexibility index (Phi) is 2.98. The van der Waals surface area contributed by atoms with E-state index in [9.17, 15) is 0 Å². The van der Waals surface area contributed by atoms with Crippen molar-refractivity contribution >= 4 is 15.9 Å². The maximum atomic E-state index is 5.07. The van der Waals surface area contributed by atoms with Crippen LogP contribution in [0.4, 0.5) is 0 Å². The van der Waals surface area contributed by atoms with Gasteiger partial charge in [0.05, 0.1) is 19.3 Å². The highest BCUT2D eigenvalue weighted by atomic mass is 79.9. The quantitative estimate of drug-likeness (QED) is 0.874. The molecule has 0 unspecified atom stereocenters. The minimum absolute atomic E-state index is 0.559. The Morgan fingerprint density at radius 3 is 2.54 bits per heavy atom. The second-order valence-corrected chi connectivity index (χ2v) is 4.16. The van der Waals surface area contributed by atoms with Gasteiger partial charge >= 0.3 is 0 Å². The van der Waals surface area contributed by atoms with Crippen LogP contribution in [0.5, 0.6) is 0 Å². The molecule has 0 bridgehead atoms. The van der Waals surface area contributed by atoms with Crippen LogP contribution < -0.4 is 5.32 Å². The van der Waals surface area contributed by atoms with Gasteiger partial charge < -0.3 is 10.1 Å². The maximum Gasteiger partial charge on any atom is 0.0643 e. The molecule has 13 heavy (non-hydrogen) atoms. The van der Waals surface area contributed by atoms with E-state index in [0.29, 0.717) is 6.04 Å². The van der Waals surface area contributed by atoms with Crippen LogP contribution in [0.1, 0.15) is 5.56 Å². The highest BCUT2D eigenvalue weighted by Gasteiger charge is 2.16. The number of hydrogen-bond acceptors (Lipinski definition) is 2. The summed E-state index contributed by atoms with van der Waals surface area (Å²) in [6, 6.07) is 8.93. The standard InChI is InChI=1S/C10H12BrNO/c11-9-3-1-8(2-4-9)5-12-10-6-13-7-10/h1-4,10,12H,5-7H2. The van der Waals surface area contributed by atoms with Gasteiger partial charge in [-0.05, 0) is 17.7 Å². The van der Waals surface area contributed by atoms with Gasteiger partial charge in [0, 0.05) is 11.0 Å². The molecule has 0 saturated carbocycles. The van der Waals surface area contributed by atoms with Gasteiger partial charge in [0.1, 0.15) is 0 Å². The van der Waals surface area contributed by atoms with Crippen LogP contribution in [0, 0.1) is 0 Å². The summed E-state index contributed by atoms with van der Waals surface area (Å²) in [4.78, 5) is 0. The smallest absolute Gasteiger partial charge is 0.0643 e. The Morgan fingerprint density at radius 2 is 2.00 bits per heavy atom. The maximum absolute atomic E-state index is 5.07. The molecule has 2 nitrogen and oxygen atoms in total. The largest absolute Gasteiger partial charge is 0.378 e. The second-order valence-electron chi connectivity index (χ2n) is 3.24. The molecular weight excluding hydrogens is 230 g/mol. The van der Waals surface area contributed by atoms with Gasteiger partial charge in [-0.15, -0.1) is 0 Å². The van der Waals surface area contributed by atoms with Gasteiger partial charge in [0.2, 0.25) is 0 Å². The topological polar surface area (TPSA) is 21.3 Å². The van der Waals surface area contributed by atoms with Crippen LogP contribution >= 0.6 is 15.9 Å². The van der Waals surface area contributed by atoms with Crippen LogP contribution in [0.2, 0.25) is 0 Å². The lowest BCUT2D eigenvalue weighted by molar-refractivity contribution is -0.00578. The lowest BCUT2D eigenvalue weighted by Gasteiger charge is -2.26. The first-order chi connectivity index (χ1) is 6.34. The van der Waals surface area contributed by atoms with Crippen LogP contribution in [-0.2, 0) is 11.3 Å². The molecule has 2 rings (SSSR count). The SMILES string of the molecule is Brc1ccc(CNC2COC2)cc1. The number of rotatable bonds is 3. The number of halogens is 1. The van der Waals surface area contributed by atoms with E-state index in [1.165, 1.54) is 5.56 Å². The predicted octanol–water partition coefficient (Wildman–Crippen LogP) is 1.94. The Morgan fingerprint density at radius 1 is 1.31 bits per heavy atom. The Balaban J connectivity index is 1.83. The number of hydrogen-bond donors (Lipinski definition) is 1. The number of ether oxygens (including phenoxy) is 1. The van der Waals surface area contributed by atoms with Crippen molar-refractivity contribution in [1.29, 1.82) is 0 Å². The fourth-order valence-electron chi connectivity index (χ4n) is 1.22. The van der Waals surface area contributed by atoms with E-state index in [1.54, 1.807) is 0 Å². The first-order valence-corrected chi connectivity index (χ1v) is 5.19. The molecule has 1 aromatic carbocycles. The fraction of sp³-hybridized carbons (Fsp3) is 0.400. The van der Waals surface area contributed by atoms with E-state index in [1.807, 2.05) is 0 Å². The molecular formula is C10H12BrNO. The number of benzene rings is 1. The fourth-order valence-corrected chi connectivity index (χ4v) is 1.48. The van der Waals surface area contributed by atoms with Gasteiger partial charge in [-0.1, -0.05) is 28.1 Å². The van der Waals surface area contributed by atoms with Crippen molar-refractivity contribution in [2.45, 2.75) is 12.6 Å². The van der Waals surface area contributed by atoms with Gasteiger partial charge in [-0.25, -0.2) is 0 Å². The van der Waals surface area contributed by atoms with Crippen molar-refractivity contribution in [3.63, 3.8) is 0 Å². The molecule has 0 amide bonds. The summed E-state index contributed by atoms with van der Waals surface area (Å²) in [6.45, 7) is 2.65. The summed E-state index contributed by atoms with van der Waals surface area (Å²) in [5.41, 5.74) is 1.31. The molecule has 1 fully saturated rings. The van der Waals surface area contributed by atoms with Gasteiger partial charge in [-0.2, -0.15) is 0 Å². The summed E-state index contributed by atoms with van der Waals surface area (Å²) in [5.74, 6) is 0. The van der Waals surface area contributed by atoms with Gasteiger partial charge in [0.25, 0.3) is 0 Å². The molecule has 0 aliphatic carbocycles. The van der Waals surface area contributed by atoms with Gasteiger partial charge in [-0.3, -0.25) is 0 Å². The summed E-state index contributed by atoms with van der Waals surface area (Å²) in [7, 11) is 0. The summed E-state index contributed by atoms with van der Waals surface area (Å²) >= 11 is 3.41. The highest BCUT2D eigenvalue weighted by Crippen LogP contribution is 2.10. The van der Waals surface area contributed by atoms with Crippen molar-refractivity contribution in [2.75, 3.05) is 13.2 Å². The average Bonchev–Trinajstić information content (AvgIpc) is 2.05. The Hall–Kier alpha value is -0.380. The molecule has 0 spiro atoms. The van der Waals surface area contributed by atoms with Crippen LogP contribution in [0.3, 0.4) is 0 Å². The molecule has 1 N–H and O–H groups in total.